The Labute approximate surface area is 249 Å². The zero-order valence-corrected chi connectivity index (χ0v) is 23.4. The van der Waals surface area contributed by atoms with Crippen LogP contribution >= 0.6 is 11.6 Å². The van der Waals surface area contributed by atoms with Gasteiger partial charge in [0.25, 0.3) is 0 Å². The Kier molecular flexibility index (Phi) is 8.82. The van der Waals surface area contributed by atoms with Gasteiger partial charge in [-0.15, -0.1) is 0 Å². The maximum Gasteiger partial charge on any atom is 0.411 e. The number of benzene rings is 3. The summed E-state index contributed by atoms with van der Waals surface area (Å²) in [6, 6.07) is 20.5. The van der Waals surface area contributed by atoms with Gasteiger partial charge in [0.05, 0.1) is 18.4 Å². The van der Waals surface area contributed by atoms with Crippen molar-refractivity contribution in [2.75, 3.05) is 12.4 Å². The second kappa shape index (κ2) is 12.9. The predicted molar refractivity (Wildman–Crippen MR) is 153 cm³/mol. The van der Waals surface area contributed by atoms with E-state index in [4.69, 9.17) is 16.6 Å². The van der Waals surface area contributed by atoms with Crippen LogP contribution in [-0.4, -0.2) is 35.0 Å². The number of halogens is 4. The lowest BCUT2D eigenvalue weighted by molar-refractivity contribution is -0.909. The van der Waals surface area contributed by atoms with Gasteiger partial charge >= 0.3 is 12.7 Å². The van der Waals surface area contributed by atoms with Crippen LogP contribution in [0.4, 0.5) is 23.7 Å². The molecule has 3 aromatic carbocycles. The zero-order chi connectivity index (χ0) is 30.5. The molecule has 0 aliphatic heterocycles. The van der Waals surface area contributed by atoms with Gasteiger partial charge in [0, 0.05) is 38.8 Å². The Bertz CT molecular complexity index is 1730. The fourth-order valence-electron chi connectivity index (χ4n) is 4.62. The summed E-state index contributed by atoms with van der Waals surface area (Å²) in [7, 11) is 1.28. The molecule has 1 atom stereocenters. The molecule has 0 fully saturated rings. The number of anilines is 1. The molecule has 1 unspecified atom stereocenters. The lowest BCUT2D eigenvalue weighted by atomic mass is 9.94. The van der Waals surface area contributed by atoms with Gasteiger partial charge < -0.3 is 14.5 Å². The van der Waals surface area contributed by atoms with E-state index in [0.29, 0.717) is 39.9 Å². The van der Waals surface area contributed by atoms with Crippen molar-refractivity contribution >= 4 is 23.4 Å². The molecule has 0 saturated carbocycles. The van der Waals surface area contributed by atoms with Crippen LogP contribution in [0.5, 0.6) is 5.75 Å². The lowest BCUT2D eigenvalue weighted by Gasteiger charge is -2.14. The van der Waals surface area contributed by atoms with Gasteiger partial charge in [0.15, 0.2) is 0 Å². The summed E-state index contributed by atoms with van der Waals surface area (Å²) in [5.74, 6) is -0.500. The molecule has 3 N–H and O–H groups in total. The highest BCUT2D eigenvalue weighted by molar-refractivity contribution is 6.31. The third-order valence-corrected chi connectivity index (χ3v) is 6.91. The number of rotatable bonds is 9. The van der Waals surface area contributed by atoms with E-state index < -0.39 is 18.6 Å². The number of carbonyl (C=O) groups excluding carboxylic acids is 1. The molecular weight excluding hydrogens is 585 g/mol. The molecule has 5 aromatic rings. The minimum atomic E-state index is -3.05. The first-order valence-corrected chi connectivity index (χ1v) is 13.3. The van der Waals surface area contributed by atoms with Crippen LogP contribution in [-0.2, 0) is 11.2 Å². The Morgan fingerprint density at radius 1 is 1.05 bits per heavy atom. The average molecular weight is 610 g/mol. The molecule has 2 aromatic heterocycles. The van der Waals surface area contributed by atoms with Gasteiger partial charge in [0.1, 0.15) is 23.3 Å². The molecule has 0 aliphatic rings. The number of H-pyrrole nitrogens is 1. The molecular formula is C31H25ClF3N4O4+. The monoisotopic (exact) mass is 609 g/mol. The number of amides is 1. The maximum atomic E-state index is 13.6. The standard InChI is InChI=1S/C31H24ClF3N4O4/c1-42-31(40)37-23-10-4-19(5-11-23)26-16-36-29(38-26)25(14-18-2-8-22(33)9-3-18)27-12-6-20(17-39(27)41)24-15-21(32)7-13-28(24)43-30(34)35/h2-13,15-17,25,30H,14H2,1H3,(H2-,36,37,38,40,41)/p+1. The number of alkyl halides is 2. The van der Waals surface area contributed by atoms with Crippen LogP contribution < -0.4 is 14.8 Å². The molecule has 0 saturated heterocycles. The van der Waals surface area contributed by atoms with Gasteiger partial charge in [-0.05, 0) is 60.5 Å². The highest BCUT2D eigenvalue weighted by Gasteiger charge is 2.29. The fraction of sp³-hybridized carbons (Fsp3) is 0.129. The van der Waals surface area contributed by atoms with Gasteiger partial charge in [-0.25, -0.2) is 14.2 Å². The molecule has 12 heteroatoms. The molecule has 8 nitrogen and oxygen atoms in total. The second-order valence-electron chi connectivity index (χ2n) is 9.45. The van der Waals surface area contributed by atoms with Crippen molar-refractivity contribution in [3.63, 3.8) is 0 Å². The quantitative estimate of drug-likeness (QED) is 0.121. The fourth-order valence-corrected chi connectivity index (χ4v) is 4.79. The van der Waals surface area contributed by atoms with Gasteiger partial charge in [0.2, 0.25) is 11.9 Å². The SMILES string of the molecule is COC(=O)Nc1ccc(-c2c[nH]c(C(Cc3ccc(F)cc3)c3ccc(-c4cc(Cl)ccc4OC(F)F)c[n+]3O)n2)cc1. The molecule has 5 rings (SSSR count). The van der Waals surface area contributed by atoms with E-state index in [0.717, 1.165) is 15.9 Å². The minimum absolute atomic E-state index is 0.0986. The molecule has 0 spiro atoms. The van der Waals surface area contributed by atoms with E-state index in [2.05, 4.69) is 19.8 Å². The summed E-state index contributed by atoms with van der Waals surface area (Å²) in [4.78, 5) is 19.4. The molecule has 43 heavy (non-hydrogen) atoms. The Morgan fingerprint density at radius 3 is 2.44 bits per heavy atom. The number of nitrogens with zero attached hydrogens (tertiary/aromatic N) is 2. The van der Waals surface area contributed by atoms with E-state index in [-0.39, 0.29) is 17.1 Å². The van der Waals surface area contributed by atoms with E-state index >= 15 is 0 Å². The van der Waals surface area contributed by atoms with E-state index in [9.17, 15) is 23.2 Å². The van der Waals surface area contributed by atoms with E-state index in [1.54, 1.807) is 54.7 Å². The van der Waals surface area contributed by atoms with Crippen LogP contribution in [0.15, 0.2) is 91.3 Å². The number of pyridine rings is 1. The summed E-state index contributed by atoms with van der Waals surface area (Å²) in [6.45, 7) is -3.05. The molecule has 1 amide bonds. The van der Waals surface area contributed by atoms with Crippen LogP contribution in [0.1, 0.15) is 23.0 Å². The van der Waals surface area contributed by atoms with Crippen LogP contribution in [0.2, 0.25) is 5.02 Å². The summed E-state index contributed by atoms with van der Waals surface area (Å²) in [6.07, 6.45) is 2.83. The Morgan fingerprint density at radius 2 is 1.77 bits per heavy atom. The van der Waals surface area contributed by atoms with Crippen LogP contribution in [0, 0.1) is 5.82 Å². The summed E-state index contributed by atoms with van der Waals surface area (Å²) in [5, 5.41) is 14.0. The minimum Gasteiger partial charge on any atom is -0.453 e. The van der Waals surface area contributed by atoms with Crippen molar-refractivity contribution in [1.82, 2.24) is 9.97 Å². The lowest BCUT2D eigenvalue weighted by Crippen LogP contribution is -2.37. The second-order valence-corrected chi connectivity index (χ2v) is 9.89. The summed E-state index contributed by atoms with van der Waals surface area (Å²) in [5.41, 5.74) is 3.77. The van der Waals surface area contributed by atoms with Crippen molar-refractivity contribution in [3.8, 4) is 28.1 Å². The van der Waals surface area contributed by atoms with Crippen LogP contribution in [0.3, 0.4) is 0 Å². The Balaban J connectivity index is 1.50. The molecule has 0 radical (unpaired) electrons. The normalized spacial score (nSPS) is 11.8. The average Bonchev–Trinajstić information content (AvgIpc) is 3.48. The van der Waals surface area contributed by atoms with Crippen molar-refractivity contribution in [1.29, 1.82) is 0 Å². The van der Waals surface area contributed by atoms with Crippen molar-refractivity contribution in [2.24, 2.45) is 0 Å². The number of ether oxygens (including phenoxy) is 2. The molecule has 0 aliphatic carbocycles. The van der Waals surface area contributed by atoms with E-state index in [1.165, 1.54) is 43.6 Å². The topological polar surface area (TPSA) is 100 Å². The van der Waals surface area contributed by atoms with Gasteiger partial charge in [-0.3, -0.25) is 10.5 Å². The first kappa shape index (κ1) is 29.5. The number of imidazole rings is 1. The summed E-state index contributed by atoms with van der Waals surface area (Å²) >= 11 is 6.12. The Hall–Kier alpha value is -5.03. The van der Waals surface area contributed by atoms with Gasteiger partial charge in [-0.2, -0.15) is 8.78 Å². The highest BCUT2D eigenvalue weighted by Crippen LogP contribution is 2.34. The highest BCUT2D eigenvalue weighted by atomic mass is 35.5. The van der Waals surface area contributed by atoms with Crippen LogP contribution in [0.25, 0.3) is 22.4 Å². The maximum absolute atomic E-state index is 13.6. The van der Waals surface area contributed by atoms with Crippen molar-refractivity contribution < 1.29 is 37.4 Å². The first-order valence-electron chi connectivity index (χ1n) is 12.9. The number of carbonyl (C=O) groups is 1. The zero-order valence-electron chi connectivity index (χ0n) is 22.6. The third kappa shape index (κ3) is 7.07. The molecule has 220 valence electrons. The molecule has 0 bridgehead atoms. The number of aromatic nitrogens is 3. The largest absolute Gasteiger partial charge is 0.453 e. The smallest absolute Gasteiger partial charge is 0.411 e. The first-order chi connectivity index (χ1) is 20.7. The number of hydrogen-bond acceptors (Lipinski definition) is 5. The molecule has 2 heterocycles. The predicted octanol–water partition coefficient (Wildman–Crippen LogP) is 7.22. The summed E-state index contributed by atoms with van der Waals surface area (Å²) < 4.78 is 49.8. The van der Waals surface area contributed by atoms with Crippen molar-refractivity contribution in [3.05, 3.63) is 119 Å². The number of hydrogen-bond donors (Lipinski definition) is 3. The van der Waals surface area contributed by atoms with Gasteiger partial charge in [-0.1, -0.05) is 35.9 Å². The van der Waals surface area contributed by atoms with Crippen molar-refractivity contribution in [2.45, 2.75) is 19.0 Å². The number of methoxy groups -OCH3 is 1. The van der Waals surface area contributed by atoms with E-state index in [1.807, 2.05) is 0 Å². The number of aromatic amines is 1. The third-order valence-electron chi connectivity index (χ3n) is 6.68. The number of nitrogens with one attached hydrogen (secondary N) is 2.